The maximum Gasteiger partial charge on any atom is 0.240 e. The normalized spacial score (nSPS) is 17.1. The van der Waals surface area contributed by atoms with Crippen LogP contribution in [-0.4, -0.2) is 28.2 Å². The van der Waals surface area contributed by atoms with Crippen molar-refractivity contribution in [1.29, 1.82) is 0 Å². The predicted octanol–water partition coefficient (Wildman–Crippen LogP) is 1.47. The van der Waals surface area contributed by atoms with Gasteiger partial charge in [0, 0.05) is 26.3 Å². The van der Waals surface area contributed by atoms with E-state index in [1.165, 1.54) is 0 Å². The molecule has 6 heteroatoms. The second-order valence-electron chi connectivity index (χ2n) is 5.65. The fourth-order valence-corrected chi connectivity index (χ4v) is 4.03. The van der Waals surface area contributed by atoms with Crippen LogP contribution in [0.1, 0.15) is 29.5 Å². The summed E-state index contributed by atoms with van der Waals surface area (Å²) in [5.74, 6) is 0.354. The van der Waals surface area contributed by atoms with Gasteiger partial charge in [-0.2, -0.15) is 0 Å². The highest BCUT2D eigenvalue weighted by Crippen LogP contribution is 2.22. The van der Waals surface area contributed by atoms with Crippen molar-refractivity contribution in [3.8, 4) is 0 Å². The Balaban J connectivity index is 2.16. The highest BCUT2D eigenvalue weighted by Gasteiger charge is 2.21. The minimum absolute atomic E-state index is 0.337. The predicted molar refractivity (Wildman–Crippen MR) is 82.5 cm³/mol. The molecule has 0 saturated carbocycles. The number of hydrogen-bond donors (Lipinski definition) is 2. The summed E-state index contributed by atoms with van der Waals surface area (Å²) in [5.41, 5.74) is 8.21. The van der Waals surface area contributed by atoms with Crippen LogP contribution >= 0.6 is 0 Å². The summed E-state index contributed by atoms with van der Waals surface area (Å²) in [6.45, 7) is 5.98. The maximum absolute atomic E-state index is 12.5. The number of benzene rings is 1. The first-order valence-electron chi connectivity index (χ1n) is 7.31. The van der Waals surface area contributed by atoms with Crippen LogP contribution in [0.2, 0.25) is 0 Å². The third-order valence-electron chi connectivity index (χ3n) is 4.11. The van der Waals surface area contributed by atoms with Gasteiger partial charge in [0.1, 0.15) is 0 Å². The van der Waals surface area contributed by atoms with E-state index < -0.39 is 10.0 Å². The Kier molecular flexibility index (Phi) is 5.37. The Morgan fingerprint density at radius 2 is 1.95 bits per heavy atom. The lowest BCUT2D eigenvalue weighted by molar-refractivity contribution is 0.0678. The molecule has 0 aromatic heterocycles. The molecule has 1 heterocycles. The number of nitrogens with one attached hydrogen (secondary N) is 1. The smallest absolute Gasteiger partial charge is 0.240 e. The molecule has 1 saturated heterocycles. The lowest BCUT2D eigenvalue weighted by Crippen LogP contribution is -2.32. The molecule has 3 N–H and O–H groups in total. The topological polar surface area (TPSA) is 81.4 Å². The van der Waals surface area contributed by atoms with Gasteiger partial charge in [0.25, 0.3) is 0 Å². The van der Waals surface area contributed by atoms with Crippen LogP contribution in [0, 0.1) is 19.8 Å². The summed E-state index contributed by atoms with van der Waals surface area (Å²) in [5, 5.41) is 0. The van der Waals surface area contributed by atoms with E-state index in [2.05, 4.69) is 4.72 Å². The van der Waals surface area contributed by atoms with Crippen LogP contribution in [0.5, 0.6) is 0 Å². The van der Waals surface area contributed by atoms with E-state index in [-0.39, 0.29) is 0 Å². The van der Waals surface area contributed by atoms with Crippen molar-refractivity contribution >= 4 is 10.0 Å². The lowest BCUT2D eigenvalue weighted by Gasteiger charge is -2.22. The molecule has 118 valence electrons. The van der Waals surface area contributed by atoms with E-state index in [1.54, 1.807) is 6.07 Å². The number of aryl methyl sites for hydroxylation is 1. The Morgan fingerprint density at radius 3 is 2.57 bits per heavy atom. The quantitative estimate of drug-likeness (QED) is 0.862. The van der Waals surface area contributed by atoms with Crippen molar-refractivity contribution in [2.45, 2.75) is 38.1 Å². The SMILES string of the molecule is Cc1cc(CN)cc(S(=O)(=O)NCC2CCOCC2)c1C. The van der Waals surface area contributed by atoms with Gasteiger partial charge >= 0.3 is 0 Å². The standard InChI is InChI=1S/C15H24N2O3S/c1-11-7-14(9-16)8-15(12(11)2)21(18,19)17-10-13-3-5-20-6-4-13/h7-8,13,17H,3-6,9-10,16H2,1-2H3. The van der Waals surface area contributed by atoms with Gasteiger partial charge in [0.15, 0.2) is 0 Å². The third-order valence-corrected chi connectivity index (χ3v) is 5.66. The van der Waals surface area contributed by atoms with E-state index in [0.29, 0.717) is 37.1 Å². The largest absolute Gasteiger partial charge is 0.381 e. The van der Waals surface area contributed by atoms with Crippen LogP contribution < -0.4 is 10.5 Å². The Labute approximate surface area is 126 Å². The van der Waals surface area contributed by atoms with Crippen LogP contribution in [0.25, 0.3) is 0 Å². The van der Waals surface area contributed by atoms with Gasteiger partial charge in [-0.3, -0.25) is 0 Å². The Hall–Kier alpha value is -0.950. The van der Waals surface area contributed by atoms with Gasteiger partial charge in [-0.05, 0) is 55.4 Å². The van der Waals surface area contributed by atoms with Gasteiger partial charge in [-0.15, -0.1) is 0 Å². The highest BCUT2D eigenvalue weighted by molar-refractivity contribution is 7.89. The molecule has 0 unspecified atom stereocenters. The van der Waals surface area contributed by atoms with Crippen molar-refractivity contribution in [2.24, 2.45) is 11.7 Å². The average molecular weight is 312 g/mol. The number of hydrogen-bond acceptors (Lipinski definition) is 4. The van der Waals surface area contributed by atoms with Crippen LogP contribution in [-0.2, 0) is 21.3 Å². The Bertz CT molecular complexity index is 593. The van der Waals surface area contributed by atoms with E-state index in [9.17, 15) is 8.42 Å². The van der Waals surface area contributed by atoms with Crippen LogP contribution in [0.4, 0.5) is 0 Å². The van der Waals surface area contributed by atoms with Crippen molar-refractivity contribution in [3.05, 3.63) is 28.8 Å². The van der Waals surface area contributed by atoms with E-state index >= 15 is 0 Å². The van der Waals surface area contributed by atoms with Crippen molar-refractivity contribution in [2.75, 3.05) is 19.8 Å². The zero-order chi connectivity index (χ0) is 15.5. The zero-order valence-electron chi connectivity index (χ0n) is 12.7. The van der Waals surface area contributed by atoms with Crippen LogP contribution in [0.3, 0.4) is 0 Å². The molecule has 0 spiro atoms. The van der Waals surface area contributed by atoms with Crippen molar-refractivity contribution in [3.63, 3.8) is 0 Å². The van der Waals surface area contributed by atoms with E-state index in [4.69, 9.17) is 10.5 Å². The second kappa shape index (κ2) is 6.87. The fraction of sp³-hybridized carbons (Fsp3) is 0.600. The minimum atomic E-state index is -3.49. The monoisotopic (exact) mass is 312 g/mol. The molecule has 1 fully saturated rings. The second-order valence-corrected chi connectivity index (χ2v) is 7.38. The Morgan fingerprint density at radius 1 is 1.29 bits per heavy atom. The first-order chi connectivity index (χ1) is 9.94. The van der Waals surface area contributed by atoms with Crippen molar-refractivity contribution < 1.29 is 13.2 Å². The van der Waals surface area contributed by atoms with Gasteiger partial charge in [-0.1, -0.05) is 6.07 Å². The first-order valence-corrected chi connectivity index (χ1v) is 8.80. The summed E-state index contributed by atoms with van der Waals surface area (Å²) < 4.78 is 33.1. The summed E-state index contributed by atoms with van der Waals surface area (Å²) in [7, 11) is -3.49. The van der Waals surface area contributed by atoms with Crippen LogP contribution in [0.15, 0.2) is 17.0 Å². The molecule has 0 bridgehead atoms. The molecule has 0 aliphatic carbocycles. The van der Waals surface area contributed by atoms with E-state index in [1.807, 2.05) is 19.9 Å². The fourth-order valence-electron chi connectivity index (χ4n) is 2.55. The first kappa shape index (κ1) is 16.4. The summed E-state index contributed by atoms with van der Waals surface area (Å²) in [4.78, 5) is 0.343. The van der Waals surface area contributed by atoms with Gasteiger partial charge in [-0.25, -0.2) is 13.1 Å². The van der Waals surface area contributed by atoms with E-state index in [0.717, 1.165) is 29.5 Å². The summed E-state index contributed by atoms with van der Waals surface area (Å²) in [6.07, 6.45) is 1.81. The third kappa shape index (κ3) is 4.03. The lowest BCUT2D eigenvalue weighted by atomic mass is 10.0. The molecule has 1 aliphatic heterocycles. The van der Waals surface area contributed by atoms with Gasteiger partial charge in [0.2, 0.25) is 10.0 Å². The maximum atomic E-state index is 12.5. The molecule has 2 rings (SSSR count). The molecule has 21 heavy (non-hydrogen) atoms. The average Bonchev–Trinajstić information content (AvgIpc) is 2.48. The molecular formula is C15H24N2O3S. The summed E-state index contributed by atoms with van der Waals surface area (Å²) in [6, 6.07) is 3.61. The minimum Gasteiger partial charge on any atom is -0.381 e. The molecule has 5 nitrogen and oxygen atoms in total. The molecule has 0 atom stereocenters. The highest BCUT2D eigenvalue weighted by atomic mass is 32.2. The summed E-state index contributed by atoms with van der Waals surface area (Å²) >= 11 is 0. The number of nitrogens with two attached hydrogens (primary N) is 1. The number of rotatable bonds is 5. The molecule has 1 aliphatic rings. The molecule has 0 amide bonds. The molecule has 1 aromatic carbocycles. The molecule has 0 radical (unpaired) electrons. The van der Waals surface area contributed by atoms with Crippen molar-refractivity contribution in [1.82, 2.24) is 4.72 Å². The van der Waals surface area contributed by atoms with Gasteiger partial charge in [0.05, 0.1) is 4.90 Å². The number of sulfonamides is 1. The molecule has 1 aromatic rings. The molecular weight excluding hydrogens is 288 g/mol. The zero-order valence-corrected chi connectivity index (χ0v) is 13.5. The van der Waals surface area contributed by atoms with Gasteiger partial charge < -0.3 is 10.5 Å². The number of ether oxygens (including phenoxy) is 1.